The molecule has 2 aromatic carbocycles. The number of benzene rings is 2. The van der Waals surface area contributed by atoms with Crippen LogP contribution in [-0.2, 0) is 14.3 Å². The summed E-state index contributed by atoms with van der Waals surface area (Å²) in [6.07, 6.45) is 1.34. The molecule has 0 saturated heterocycles. The highest BCUT2D eigenvalue weighted by Gasteiger charge is 2.24. The molecule has 2 aromatic rings. The molecule has 0 aliphatic carbocycles. The lowest BCUT2D eigenvalue weighted by Crippen LogP contribution is -2.23. The number of thiol groups is 1. The maximum atomic E-state index is 12.6. The van der Waals surface area contributed by atoms with Crippen LogP contribution in [0.15, 0.2) is 53.4 Å². The van der Waals surface area contributed by atoms with Crippen LogP contribution in [0.1, 0.15) is 25.0 Å². The van der Waals surface area contributed by atoms with Crippen LogP contribution in [0.2, 0.25) is 0 Å². The van der Waals surface area contributed by atoms with Gasteiger partial charge in [0.2, 0.25) is 0 Å². The molecule has 9 heteroatoms. The van der Waals surface area contributed by atoms with E-state index in [9.17, 15) is 9.59 Å². The predicted octanol–water partition coefficient (Wildman–Crippen LogP) is 4.57. The fraction of sp³-hybridized carbons (Fsp3) is 0.391. The maximum absolute atomic E-state index is 12.6. The topological polar surface area (TPSA) is 94.1 Å². The summed E-state index contributed by atoms with van der Waals surface area (Å²) < 4.78 is 16.3. The van der Waals surface area contributed by atoms with E-state index in [-0.39, 0.29) is 31.5 Å². The Labute approximate surface area is 198 Å². The quantitative estimate of drug-likeness (QED) is 0.233. The van der Waals surface area contributed by atoms with Crippen LogP contribution in [0, 0.1) is 5.92 Å². The minimum absolute atomic E-state index is 0.0152. The zero-order valence-electron chi connectivity index (χ0n) is 18.2. The second-order valence-electron chi connectivity index (χ2n) is 6.97. The molecule has 2 atom stereocenters. The van der Waals surface area contributed by atoms with Gasteiger partial charge in [-0.1, -0.05) is 19.1 Å². The van der Waals surface area contributed by atoms with E-state index in [4.69, 9.17) is 19.3 Å². The van der Waals surface area contributed by atoms with Crippen molar-refractivity contribution in [3.8, 4) is 5.75 Å². The fourth-order valence-electron chi connectivity index (χ4n) is 2.92. The number of carbonyl (C=O) groups excluding carboxylic acids is 2. The number of aliphatic hydroxyl groups is 1. The molecule has 2 N–H and O–H groups in total. The van der Waals surface area contributed by atoms with Crippen molar-refractivity contribution in [2.45, 2.75) is 24.3 Å². The predicted molar refractivity (Wildman–Crippen MR) is 129 cm³/mol. The molecule has 0 heterocycles. The average Bonchev–Trinajstić information content (AvgIpc) is 2.81. The van der Waals surface area contributed by atoms with Crippen molar-refractivity contribution in [2.75, 3.05) is 37.1 Å². The van der Waals surface area contributed by atoms with Gasteiger partial charge in [-0.15, -0.1) is 11.8 Å². The number of hydrogen-bond acceptors (Lipinski definition) is 8. The van der Waals surface area contributed by atoms with Crippen LogP contribution in [-0.4, -0.2) is 49.0 Å². The average molecular weight is 480 g/mol. The minimum Gasteiger partial charge on any atom is -0.491 e. The Bertz CT molecular complexity index is 845. The Kier molecular flexibility index (Phi) is 11.3. The number of aliphatic hydroxyl groups excluding tert-OH is 1. The van der Waals surface area contributed by atoms with Gasteiger partial charge < -0.3 is 19.3 Å². The van der Waals surface area contributed by atoms with Gasteiger partial charge in [0.1, 0.15) is 18.5 Å². The fourth-order valence-corrected chi connectivity index (χ4v) is 3.42. The Morgan fingerprint density at radius 1 is 1.09 bits per heavy atom. The maximum Gasteiger partial charge on any atom is 0.412 e. The molecule has 0 saturated carbocycles. The first kappa shape index (κ1) is 25.9. The van der Waals surface area contributed by atoms with Crippen molar-refractivity contribution >= 4 is 42.1 Å². The molecule has 32 heavy (non-hydrogen) atoms. The highest BCUT2D eigenvalue weighted by molar-refractivity contribution is 7.98. The van der Waals surface area contributed by atoms with E-state index >= 15 is 0 Å². The number of hydrogen-bond donors (Lipinski definition) is 3. The largest absolute Gasteiger partial charge is 0.491 e. The molecule has 0 radical (unpaired) electrons. The SMILES string of the molecule is CSc1ccc(NC(=O)O[C@@H](c2ccc(OCCO)cc2)[C@@H](C)CCOC(=O)CS)cc1. The van der Waals surface area contributed by atoms with E-state index in [1.54, 1.807) is 23.9 Å². The van der Waals surface area contributed by atoms with Gasteiger partial charge in [0, 0.05) is 16.5 Å². The number of carbonyl (C=O) groups is 2. The number of rotatable bonds is 12. The molecule has 174 valence electrons. The van der Waals surface area contributed by atoms with Gasteiger partial charge in [-0.05, 0) is 54.6 Å². The van der Waals surface area contributed by atoms with Gasteiger partial charge in [-0.3, -0.25) is 10.1 Å². The molecular formula is C23H29NO6S2. The second kappa shape index (κ2) is 13.9. The number of esters is 1. The van der Waals surface area contributed by atoms with Gasteiger partial charge in [0.05, 0.1) is 19.0 Å². The van der Waals surface area contributed by atoms with Gasteiger partial charge in [-0.25, -0.2) is 4.79 Å². The number of ether oxygens (including phenoxy) is 3. The van der Waals surface area contributed by atoms with E-state index in [1.807, 2.05) is 49.6 Å². The van der Waals surface area contributed by atoms with Gasteiger partial charge in [0.25, 0.3) is 0 Å². The zero-order valence-corrected chi connectivity index (χ0v) is 19.9. The summed E-state index contributed by atoms with van der Waals surface area (Å²) in [5.41, 5.74) is 1.41. The number of anilines is 1. The number of nitrogens with one attached hydrogen (secondary N) is 1. The first-order valence-corrected chi connectivity index (χ1v) is 12.0. The summed E-state index contributed by atoms with van der Waals surface area (Å²) in [7, 11) is 0. The zero-order chi connectivity index (χ0) is 23.3. The Morgan fingerprint density at radius 2 is 1.78 bits per heavy atom. The molecule has 2 rings (SSSR count). The summed E-state index contributed by atoms with van der Waals surface area (Å²) in [5, 5.41) is 11.7. The third-order valence-electron chi connectivity index (χ3n) is 4.62. The molecule has 7 nitrogen and oxygen atoms in total. The first-order chi connectivity index (χ1) is 15.5. The van der Waals surface area contributed by atoms with Crippen molar-refractivity contribution in [1.82, 2.24) is 0 Å². The van der Waals surface area contributed by atoms with Crippen LogP contribution < -0.4 is 10.1 Å². The van der Waals surface area contributed by atoms with Crippen molar-refractivity contribution in [2.24, 2.45) is 5.92 Å². The highest BCUT2D eigenvalue weighted by Crippen LogP contribution is 2.30. The van der Waals surface area contributed by atoms with Crippen molar-refractivity contribution in [3.05, 3.63) is 54.1 Å². The van der Waals surface area contributed by atoms with E-state index < -0.39 is 18.2 Å². The van der Waals surface area contributed by atoms with Crippen LogP contribution >= 0.6 is 24.4 Å². The highest BCUT2D eigenvalue weighted by atomic mass is 32.2. The van der Waals surface area contributed by atoms with Crippen molar-refractivity contribution in [1.29, 1.82) is 0 Å². The molecule has 0 aromatic heterocycles. The Balaban J connectivity index is 2.09. The molecule has 0 bridgehead atoms. The second-order valence-corrected chi connectivity index (χ2v) is 8.16. The Hall–Kier alpha value is -2.36. The van der Waals surface area contributed by atoms with Crippen LogP contribution in [0.5, 0.6) is 5.75 Å². The normalized spacial score (nSPS) is 12.5. The van der Waals surface area contributed by atoms with Gasteiger partial charge >= 0.3 is 12.1 Å². The molecule has 0 aliphatic heterocycles. The third-order valence-corrected chi connectivity index (χ3v) is 5.62. The van der Waals surface area contributed by atoms with Crippen LogP contribution in [0.3, 0.4) is 0 Å². The van der Waals surface area contributed by atoms with Crippen molar-refractivity contribution in [3.63, 3.8) is 0 Å². The van der Waals surface area contributed by atoms with E-state index in [2.05, 4.69) is 17.9 Å². The molecule has 0 aliphatic rings. The van der Waals surface area contributed by atoms with E-state index in [1.165, 1.54) is 0 Å². The number of amides is 1. The first-order valence-electron chi connectivity index (χ1n) is 10.2. The van der Waals surface area contributed by atoms with E-state index in [0.29, 0.717) is 17.9 Å². The molecule has 0 fully saturated rings. The van der Waals surface area contributed by atoms with Crippen LogP contribution in [0.4, 0.5) is 10.5 Å². The lowest BCUT2D eigenvalue weighted by Gasteiger charge is -2.25. The van der Waals surface area contributed by atoms with E-state index in [0.717, 1.165) is 10.5 Å². The molecular weight excluding hydrogens is 450 g/mol. The summed E-state index contributed by atoms with van der Waals surface area (Å²) in [6, 6.07) is 14.6. The summed E-state index contributed by atoms with van der Waals surface area (Å²) >= 11 is 5.51. The van der Waals surface area contributed by atoms with Gasteiger partial charge in [-0.2, -0.15) is 12.6 Å². The van der Waals surface area contributed by atoms with Crippen LogP contribution in [0.25, 0.3) is 0 Å². The van der Waals surface area contributed by atoms with Crippen molar-refractivity contribution < 1.29 is 28.9 Å². The molecule has 0 spiro atoms. The Morgan fingerprint density at radius 3 is 2.38 bits per heavy atom. The molecule has 0 unspecified atom stereocenters. The lowest BCUT2D eigenvalue weighted by atomic mass is 9.94. The number of thioether (sulfide) groups is 1. The molecule has 1 amide bonds. The smallest absolute Gasteiger partial charge is 0.412 e. The standard InChI is InChI=1S/C23H29NO6S2/c1-16(11-13-29-21(26)15-31)22(17-3-7-19(8-4-17)28-14-12-25)30-23(27)24-18-5-9-20(32-2)10-6-18/h3-10,16,22,25,31H,11-15H2,1-2H3,(H,24,27)/t16-,22+/m0/s1. The minimum atomic E-state index is -0.577. The lowest BCUT2D eigenvalue weighted by molar-refractivity contribution is -0.141. The van der Waals surface area contributed by atoms with Gasteiger partial charge in [0.15, 0.2) is 0 Å². The summed E-state index contributed by atoms with van der Waals surface area (Å²) in [4.78, 5) is 25.1. The summed E-state index contributed by atoms with van der Waals surface area (Å²) in [6.45, 7) is 2.25. The monoisotopic (exact) mass is 479 g/mol. The third kappa shape index (κ3) is 8.64. The summed E-state index contributed by atoms with van der Waals surface area (Å²) in [5.74, 6) is 0.100.